The van der Waals surface area contributed by atoms with E-state index in [4.69, 9.17) is 4.42 Å². The molecular formula is C28H35N7O3. The third-order valence-electron chi connectivity index (χ3n) is 6.95. The Labute approximate surface area is 222 Å². The molecule has 1 aliphatic heterocycles. The maximum absolute atomic E-state index is 13.7. The molecule has 1 saturated heterocycles. The molecule has 4 aromatic rings. The minimum atomic E-state index is -0.328. The van der Waals surface area contributed by atoms with Gasteiger partial charge in [-0.05, 0) is 23.8 Å². The van der Waals surface area contributed by atoms with Crippen molar-refractivity contribution in [3.05, 3.63) is 54.2 Å². The predicted octanol–water partition coefficient (Wildman–Crippen LogP) is 3.87. The summed E-state index contributed by atoms with van der Waals surface area (Å²) < 4.78 is 5.99. The van der Waals surface area contributed by atoms with Crippen molar-refractivity contribution in [1.82, 2.24) is 30.4 Å². The number of hydrogen-bond acceptors (Lipinski definition) is 8. The van der Waals surface area contributed by atoms with Gasteiger partial charge < -0.3 is 29.6 Å². The number of pyridine rings is 1. The quantitative estimate of drug-likeness (QED) is 0.322. The van der Waals surface area contributed by atoms with Gasteiger partial charge in [0.15, 0.2) is 0 Å². The van der Waals surface area contributed by atoms with Crippen molar-refractivity contribution < 1.29 is 14.3 Å². The number of piperazine rings is 1. The number of nitrogens with zero attached hydrogens (tertiary/aromatic N) is 5. The van der Waals surface area contributed by atoms with Crippen LogP contribution in [-0.4, -0.2) is 74.8 Å². The van der Waals surface area contributed by atoms with E-state index in [0.29, 0.717) is 44.5 Å². The van der Waals surface area contributed by atoms with Crippen molar-refractivity contribution in [1.29, 1.82) is 0 Å². The molecule has 1 aromatic carbocycles. The number of rotatable bonds is 8. The van der Waals surface area contributed by atoms with Crippen LogP contribution in [0.5, 0.6) is 5.75 Å². The molecule has 3 N–H and O–H groups in total. The summed E-state index contributed by atoms with van der Waals surface area (Å²) in [6.45, 7) is 11.2. The van der Waals surface area contributed by atoms with Gasteiger partial charge in [0.2, 0.25) is 11.8 Å². The molecule has 1 aliphatic rings. The number of nitrogens with one attached hydrogen (secondary N) is 2. The summed E-state index contributed by atoms with van der Waals surface area (Å²) in [6, 6.07) is 9.21. The SMILES string of the molecule is CC(C)NC[C@@H](C(=O)N1CCN(c2c(-c3nnc(C(C)C)o3)cnc3[nH]ccc23)CC1)c1ccc(O)cc1. The Bertz CT molecular complexity index is 1390. The van der Waals surface area contributed by atoms with E-state index < -0.39 is 0 Å². The van der Waals surface area contributed by atoms with Crippen LogP contribution >= 0.6 is 0 Å². The van der Waals surface area contributed by atoms with E-state index in [-0.39, 0.29) is 29.5 Å². The summed E-state index contributed by atoms with van der Waals surface area (Å²) in [5.74, 6) is 1.12. The highest BCUT2D eigenvalue weighted by atomic mass is 16.4. The molecule has 0 spiro atoms. The van der Waals surface area contributed by atoms with E-state index in [9.17, 15) is 9.90 Å². The van der Waals surface area contributed by atoms with E-state index >= 15 is 0 Å². The Balaban J connectivity index is 1.38. The zero-order valence-corrected chi connectivity index (χ0v) is 22.3. The lowest BCUT2D eigenvalue weighted by atomic mass is 9.96. The number of H-pyrrole nitrogens is 1. The molecule has 38 heavy (non-hydrogen) atoms. The lowest BCUT2D eigenvalue weighted by Gasteiger charge is -2.38. The molecule has 0 unspecified atom stereocenters. The number of amides is 1. The molecule has 0 bridgehead atoms. The van der Waals surface area contributed by atoms with E-state index in [1.54, 1.807) is 18.3 Å². The summed E-state index contributed by atoms with van der Waals surface area (Å²) in [5, 5.41) is 22.7. The summed E-state index contributed by atoms with van der Waals surface area (Å²) in [5.41, 5.74) is 3.46. The zero-order valence-electron chi connectivity index (χ0n) is 22.3. The molecule has 1 fully saturated rings. The Morgan fingerprint density at radius 1 is 1.08 bits per heavy atom. The van der Waals surface area contributed by atoms with E-state index in [1.807, 2.05) is 43.1 Å². The molecule has 1 atom stereocenters. The fourth-order valence-corrected chi connectivity index (χ4v) is 4.85. The molecule has 0 radical (unpaired) electrons. The molecule has 200 valence electrons. The molecule has 0 aliphatic carbocycles. The highest BCUT2D eigenvalue weighted by Gasteiger charge is 2.31. The lowest BCUT2D eigenvalue weighted by Crippen LogP contribution is -2.51. The monoisotopic (exact) mass is 517 g/mol. The van der Waals surface area contributed by atoms with Crippen LogP contribution in [0.25, 0.3) is 22.5 Å². The van der Waals surface area contributed by atoms with Gasteiger partial charge in [-0.25, -0.2) is 4.98 Å². The first kappa shape index (κ1) is 25.7. The van der Waals surface area contributed by atoms with Crippen LogP contribution in [0.2, 0.25) is 0 Å². The van der Waals surface area contributed by atoms with Crippen molar-refractivity contribution in [3.63, 3.8) is 0 Å². The Morgan fingerprint density at radius 3 is 2.47 bits per heavy atom. The second-order valence-corrected chi connectivity index (χ2v) is 10.4. The first-order valence-corrected chi connectivity index (χ1v) is 13.2. The molecule has 10 nitrogen and oxygen atoms in total. The van der Waals surface area contributed by atoms with Crippen molar-refractivity contribution >= 4 is 22.6 Å². The predicted molar refractivity (Wildman–Crippen MR) is 146 cm³/mol. The molecule has 0 saturated carbocycles. The molecule has 3 aromatic heterocycles. The van der Waals surface area contributed by atoms with Gasteiger partial charge >= 0.3 is 0 Å². The fourth-order valence-electron chi connectivity index (χ4n) is 4.85. The number of aromatic nitrogens is 4. The number of anilines is 1. The average molecular weight is 518 g/mol. The number of benzene rings is 1. The summed E-state index contributed by atoms with van der Waals surface area (Å²) in [4.78, 5) is 25.7. The average Bonchev–Trinajstić information content (AvgIpc) is 3.59. The van der Waals surface area contributed by atoms with Gasteiger partial charge in [-0.1, -0.05) is 39.8 Å². The van der Waals surface area contributed by atoms with E-state index in [1.165, 1.54) is 0 Å². The van der Waals surface area contributed by atoms with Crippen LogP contribution < -0.4 is 10.2 Å². The first-order valence-electron chi connectivity index (χ1n) is 13.2. The van der Waals surface area contributed by atoms with Gasteiger partial charge in [-0.2, -0.15) is 0 Å². The maximum atomic E-state index is 13.7. The lowest BCUT2D eigenvalue weighted by molar-refractivity contribution is -0.133. The number of phenols is 1. The number of phenolic OH excluding ortho intramolecular Hbond substituents is 1. The van der Waals surface area contributed by atoms with Gasteiger partial charge in [0, 0.05) is 62.5 Å². The Kier molecular flexibility index (Phi) is 7.33. The number of hydrogen-bond donors (Lipinski definition) is 3. The highest BCUT2D eigenvalue weighted by Crippen LogP contribution is 2.37. The van der Waals surface area contributed by atoms with Crippen LogP contribution in [-0.2, 0) is 4.79 Å². The van der Waals surface area contributed by atoms with Gasteiger partial charge in [0.25, 0.3) is 5.89 Å². The number of aromatic hydroxyl groups is 1. The summed E-state index contributed by atoms with van der Waals surface area (Å²) in [6.07, 6.45) is 3.66. The van der Waals surface area contributed by atoms with Crippen molar-refractivity contribution in [2.24, 2.45) is 0 Å². The van der Waals surface area contributed by atoms with Gasteiger partial charge in [-0.3, -0.25) is 4.79 Å². The first-order chi connectivity index (χ1) is 18.3. The zero-order chi connectivity index (χ0) is 26.8. The summed E-state index contributed by atoms with van der Waals surface area (Å²) in [7, 11) is 0. The molecule has 5 rings (SSSR count). The third kappa shape index (κ3) is 5.22. The van der Waals surface area contributed by atoms with E-state index in [0.717, 1.165) is 27.8 Å². The minimum absolute atomic E-state index is 0.0868. The van der Waals surface area contributed by atoms with Crippen molar-refractivity contribution in [2.45, 2.75) is 45.6 Å². The Morgan fingerprint density at radius 2 is 1.82 bits per heavy atom. The number of carbonyl (C=O) groups excluding carboxylic acids is 1. The Hall–Kier alpha value is -3.92. The normalized spacial score (nSPS) is 15.1. The van der Waals surface area contributed by atoms with Gasteiger partial charge in [-0.15, -0.1) is 10.2 Å². The van der Waals surface area contributed by atoms with Gasteiger partial charge in [0.1, 0.15) is 11.4 Å². The standard InChI is InChI=1S/C28H35N7O3/c1-17(2)26-32-33-27(38-26)23-16-31-25-21(9-10-29-25)24(23)34-11-13-35(14-12-34)28(37)22(15-30-18(3)4)19-5-7-20(36)8-6-19/h5-10,16-18,22,30,36H,11-15H2,1-4H3,(H,29,31)/t22-/m1/s1. The summed E-state index contributed by atoms with van der Waals surface area (Å²) >= 11 is 0. The highest BCUT2D eigenvalue weighted by molar-refractivity contribution is 5.97. The second-order valence-electron chi connectivity index (χ2n) is 10.4. The van der Waals surface area contributed by atoms with Crippen LogP contribution in [0.1, 0.15) is 51.0 Å². The number of aromatic amines is 1. The largest absolute Gasteiger partial charge is 0.508 e. The van der Waals surface area contributed by atoms with Crippen LogP contribution in [0.3, 0.4) is 0 Å². The molecular weight excluding hydrogens is 482 g/mol. The smallest absolute Gasteiger partial charge is 0.251 e. The van der Waals surface area contributed by atoms with Crippen molar-refractivity contribution in [3.8, 4) is 17.2 Å². The molecule has 10 heteroatoms. The third-order valence-corrected chi connectivity index (χ3v) is 6.95. The van der Waals surface area contributed by atoms with Crippen LogP contribution in [0.15, 0.2) is 47.1 Å². The fraction of sp³-hybridized carbons (Fsp3) is 0.429. The minimum Gasteiger partial charge on any atom is -0.508 e. The molecule has 4 heterocycles. The topological polar surface area (TPSA) is 123 Å². The maximum Gasteiger partial charge on any atom is 0.251 e. The second kappa shape index (κ2) is 10.8. The van der Waals surface area contributed by atoms with E-state index in [2.05, 4.69) is 44.2 Å². The van der Waals surface area contributed by atoms with Crippen LogP contribution in [0, 0.1) is 0 Å². The van der Waals surface area contributed by atoms with Gasteiger partial charge in [0.05, 0.1) is 17.2 Å². The van der Waals surface area contributed by atoms with Crippen LogP contribution in [0.4, 0.5) is 5.69 Å². The molecule has 1 amide bonds. The van der Waals surface area contributed by atoms with Crippen molar-refractivity contribution in [2.75, 3.05) is 37.6 Å². The number of carbonyl (C=O) groups is 1. The number of fused-ring (bicyclic) bond motifs is 1.